The van der Waals surface area contributed by atoms with Crippen LogP contribution in [0.5, 0.6) is 5.75 Å². The Balaban J connectivity index is 2.12. The molecule has 0 bridgehead atoms. The molecule has 3 N–H and O–H groups in total. The van der Waals surface area contributed by atoms with Gasteiger partial charge in [0.05, 0.1) is 18.2 Å². The zero-order valence-electron chi connectivity index (χ0n) is 13.3. The summed E-state index contributed by atoms with van der Waals surface area (Å²) < 4.78 is 6.46. The van der Waals surface area contributed by atoms with Gasteiger partial charge in [-0.1, -0.05) is 53.2 Å². The smallest absolute Gasteiger partial charge is 0.229 e. The van der Waals surface area contributed by atoms with Crippen LogP contribution in [0.15, 0.2) is 53.0 Å². The van der Waals surface area contributed by atoms with Crippen molar-refractivity contribution in [3.8, 4) is 5.75 Å². The third-order valence-electron chi connectivity index (χ3n) is 3.64. The van der Waals surface area contributed by atoms with E-state index >= 15 is 0 Å². The molecule has 5 heteroatoms. The molecule has 0 aromatic heterocycles. The molecule has 2 rings (SSSR count). The standard InChI is InChI=1S/C18H21BrN2O2/c1-3-23-16-11-14(19)9-10-15(16)21-18(22)12(2)17(20)13-7-5-4-6-8-13/h4-12,17H,3,20H2,1-2H3,(H,21,22). The average molecular weight is 377 g/mol. The van der Waals surface area contributed by atoms with Crippen molar-refractivity contribution in [1.29, 1.82) is 0 Å². The van der Waals surface area contributed by atoms with Crippen molar-refractivity contribution in [3.05, 3.63) is 58.6 Å². The fourth-order valence-electron chi connectivity index (χ4n) is 2.25. The van der Waals surface area contributed by atoms with Gasteiger partial charge in [0.1, 0.15) is 5.75 Å². The van der Waals surface area contributed by atoms with Crippen molar-refractivity contribution in [2.75, 3.05) is 11.9 Å². The Bertz CT molecular complexity index is 661. The number of benzene rings is 2. The van der Waals surface area contributed by atoms with Crippen molar-refractivity contribution in [2.45, 2.75) is 19.9 Å². The van der Waals surface area contributed by atoms with Crippen LogP contribution < -0.4 is 15.8 Å². The molecule has 2 unspecified atom stereocenters. The van der Waals surface area contributed by atoms with Gasteiger partial charge in [-0.25, -0.2) is 0 Å². The summed E-state index contributed by atoms with van der Waals surface area (Å²) in [6, 6.07) is 14.8. The molecule has 2 aromatic carbocycles. The minimum Gasteiger partial charge on any atom is -0.492 e. The number of hydrogen-bond donors (Lipinski definition) is 2. The first-order chi connectivity index (χ1) is 11.0. The molecule has 2 atom stereocenters. The van der Waals surface area contributed by atoms with Crippen LogP contribution >= 0.6 is 15.9 Å². The van der Waals surface area contributed by atoms with Gasteiger partial charge in [-0.2, -0.15) is 0 Å². The van der Waals surface area contributed by atoms with Crippen molar-refractivity contribution in [1.82, 2.24) is 0 Å². The molecule has 23 heavy (non-hydrogen) atoms. The predicted octanol–water partition coefficient (Wildman–Crippen LogP) is 4.12. The zero-order chi connectivity index (χ0) is 16.8. The molecule has 0 radical (unpaired) electrons. The molecule has 0 aliphatic carbocycles. The highest BCUT2D eigenvalue weighted by atomic mass is 79.9. The number of rotatable bonds is 6. The van der Waals surface area contributed by atoms with E-state index in [4.69, 9.17) is 10.5 Å². The van der Waals surface area contributed by atoms with Gasteiger partial charge in [-0.3, -0.25) is 4.79 Å². The molecule has 4 nitrogen and oxygen atoms in total. The van der Waals surface area contributed by atoms with Crippen LogP contribution in [0, 0.1) is 5.92 Å². The molecule has 0 fully saturated rings. The van der Waals surface area contributed by atoms with Gasteiger partial charge in [-0.15, -0.1) is 0 Å². The molecule has 0 aliphatic rings. The number of carbonyl (C=O) groups excluding carboxylic acids is 1. The van der Waals surface area contributed by atoms with E-state index in [1.807, 2.05) is 62.4 Å². The number of carbonyl (C=O) groups is 1. The second kappa shape index (κ2) is 8.13. The van der Waals surface area contributed by atoms with Crippen LogP contribution in [-0.4, -0.2) is 12.5 Å². The molecular formula is C18H21BrN2O2. The summed E-state index contributed by atoms with van der Waals surface area (Å²) >= 11 is 3.40. The van der Waals surface area contributed by atoms with Crippen LogP contribution in [0.1, 0.15) is 25.5 Å². The molecule has 1 amide bonds. The summed E-state index contributed by atoms with van der Waals surface area (Å²) in [6.07, 6.45) is 0. The highest BCUT2D eigenvalue weighted by Gasteiger charge is 2.23. The van der Waals surface area contributed by atoms with Crippen molar-refractivity contribution in [2.24, 2.45) is 11.7 Å². The quantitative estimate of drug-likeness (QED) is 0.796. The minimum atomic E-state index is -0.365. The van der Waals surface area contributed by atoms with Gasteiger partial charge in [0.15, 0.2) is 0 Å². The summed E-state index contributed by atoms with van der Waals surface area (Å²) in [7, 11) is 0. The topological polar surface area (TPSA) is 64.3 Å². The van der Waals surface area contributed by atoms with E-state index in [-0.39, 0.29) is 17.9 Å². The van der Waals surface area contributed by atoms with Gasteiger partial charge in [0.25, 0.3) is 0 Å². The lowest BCUT2D eigenvalue weighted by Gasteiger charge is -2.20. The highest BCUT2D eigenvalue weighted by Crippen LogP contribution is 2.29. The molecule has 0 saturated carbocycles. The van der Waals surface area contributed by atoms with Crippen LogP contribution in [0.2, 0.25) is 0 Å². The fourth-order valence-corrected chi connectivity index (χ4v) is 2.59. The number of amides is 1. The monoisotopic (exact) mass is 376 g/mol. The van der Waals surface area contributed by atoms with E-state index in [1.54, 1.807) is 0 Å². The summed E-state index contributed by atoms with van der Waals surface area (Å²) in [5, 5.41) is 2.91. The second-order valence-corrected chi connectivity index (χ2v) is 6.20. The number of nitrogens with two attached hydrogens (primary N) is 1. The van der Waals surface area contributed by atoms with Crippen molar-refractivity contribution < 1.29 is 9.53 Å². The Morgan fingerprint density at radius 2 is 1.96 bits per heavy atom. The molecule has 0 heterocycles. The van der Waals surface area contributed by atoms with E-state index in [0.717, 1.165) is 10.0 Å². The SMILES string of the molecule is CCOc1cc(Br)ccc1NC(=O)C(C)C(N)c1ccccc1. The van der Waals surface area contributed by atoms with E-state index in [1.165, 1.54) is 0 Å². The normalized spacial score (nSPS) is 13.2. The molecule has 122 valence electrons. The van der Waals surface area contributed by atoms with Crippen molar-refractivity contribution in [3.63, 3.8) is 0 Å². The van der Waals surface area contributed by atoms with Crippen LogP contribution in [0.25, 0.3) is 0 Å². The van der Waals surface area contributed by atoms with Crippen LogP contribution in [0.3, 0.4) is 0 Å². The van der Waals surface area contributed by atoms with Gasteiger partial charge >= 0.3 is 0 Å². The van der Waals surface area contributed by atoms with Gasteiger partial charge in [0.2, 0.25) is 5.91 Å². The molecular weight excluding hydrogens is 356 g/mol. The Morgan fingerprint density at radius 1 is 1.26 bits per heavy atom. The lowest BCUT2D eigenvalue weighted by atomic mass is 9.94. The highest BCUT2D eigenvalue weighted by molar-refractivity contribution is 9.10. The average Bonchev–Trinajstić information content (AvgIpc) is 2.57. The first-order valence-electron chi connectivity index (χ1n) is 7.56. The Morgan fingerprint density at radius 3 is 2.61 bits per heavy atom. The summed E-state index contributed by atoms with van der Waals surface area (Å²) in [5.41, 5.74) is 7.80. The first kappa shape index (κ1) is 17.5. The number of halogens is 1. The van der Waals surface area contributed by atoms with Gasteiger partial charge in [0, 0.05) is 10.5 Å². The number of ether oxygens (including phenoxy) is 1. The third-order valence-corrected chi connectivity index (χ3v) is 4.13. The molecule has 2 aromatic rings. The number of anilines is 1. The Labute approximate surface area is 145 Å². The third kappa shape index (κ3) is 4.56. The summed E-state index contributed by atoms with van der Waals surface area (Å²) in [4.78, 5) is 12.5. The van der Waals surface area contributed by atoms with E-state index in [0.29, 0.717) is 18.0 Å². The first-order valence-corrected chi connectivity index (χ1v) is 8.36. The lowest BCUT2D eigenvalue weighted by molar-refractivity contribution is -0.120. The predicted molar refractivity (Wildman–Crippen MR) is 96.5 cm³/mol. The van der Waals surface area contributed by atoms with Gasteiger partial charge in [-0.05, 0) is 30.7 Å². The minimum absolute atomic E-state index is 0.135. The molecule has 0 saturated heterocycles. The van der Waals surface area contributed by atoms with Crippen molar-refractivity contribution >= 4 is 27.5 Å². The van der Waals surface area contributed by atoms with Crippen LogP contribution in [-0.2, 0) is 4.79 Å². The summed E-state index contributed by atoms with van der Waals surface area (Å²) in [6.45, 7) is 4.26. The second-order valence-electron chi connectivity index (χ2n) is 5.29. The summed E-state index contributed by atoms with van der Waals surface area (Å²) in [5.74, 6) is 0.135. The maximum Gasteiger partial charge on any atom is 0.229 e. The van der Waals surface area contributed by atoms with Gasteiger partial charge < -0.3 is 15.8 Å². The number of nitrogens with one attached hydrogen (secondary N) is 1. The maximum absolute atomic E-state index is 12.5. The Hall–Kier alpha value is -1.85. The molecule has 0 aliphatic heterocycles. The van der Waals surface area contributed by atoms with E-state index in [9.17, 15) is 4.79 Å². The zero-order valence-corrected chi connectivity index (χ0v) is 14.8. The number of hydrogen-bond acceptors (Lipinski definition) is 3. The maximum atomic E-state index is 12.5. The Kier molecular flexibility index (Phi) is 6.19. The lowest BCUT2D eigenvalue weighted by Crippen LogP contribution is -2.30. The molecule has 0 spiro atoms. The largest absolute Gasteiger partial charge is 0.492 e. The van der Waals surface area contributed by atoms with Crippen LogP contribution in [0.4, 0.5) is 5.69 Å². The van der Waals surface area contributed by atoms with E-state index < -0.39 is 0 Å². The fraction of sp³-hybridized carbons (Fsp3) is 0.278. The van der Waals surface area contributed by atoms with E-state index in [2.05, 4.69) is 21.2 Å².